The lowest BCUT2D eigenvalue weighted by Crippen LogP contribution is -2.39. The van der Waals surface area contributed by atoms with E-state index >= 15 is 0 Å². The van der Waals surface area contributed by atoms with Crippen LogP contribution in [0.25, 0.3) is 10.9 Å². The number of hydrogen-bond acceptors (Lipinski definition) is 2. The zero-order valence-electron chi connectivity index (χ0n) is 15.8. The van der Waals surface area contributed by atoms with Gasteiger partial charge in [-0.3, -0.25) is 4.79 Å². The molecule has 3 N–H and O–H groups in total. The molecule has 2 aromatic rings. The van der Waals surface area contributed by atoms with Gasteiger partial charge in [-0.25, -0.2) is 4.99 Å². The number of fused-ring (bicyclic) bond motifs is 1. The van der Waals surface area contributed by atoms with Gasteiger partial charge in [0.25, 0.3) is 0 Å². The van der Waals surface area contributed by atoms with E-state index in [1.54, 1.807) is 0 Å². The Bertz CT molecular complexity index is 774. The van der Waals surface area contributed by atoms with Gasteiger partial charge in [-0.05, 0) is 50.3 Å². The SMILES string of the molecule is CCNC(=NCC(=O)N1CCCC1)NCCc1c[nH]c2cccc(C)c12. The Morgan fingerprint density at radius 3 is 2.85 bits per heavy atom. The Morgan fingerprint density at radius 1 is 1.27 bits per heavy atom. The van der Waals surface area contributed by atoms with Gasteiger partial charge in [-0.1, -0.05) is 12.1 Å². The van der Waals surface area contributed by atoms with E-state index in [9.17, 15) is 4.79 Å². The predicted molar refractivity (Wildman–Crippen MR) is 107 cm³/mol. The first-order valence-electron chi connectivity index (χ1n) is 9.54. The molecule has 0 unspecified atom stereocenters. The van der Waals surface area contributed by atoms with Crippen molar-refractivity contribution in [2.75, 3.05) is 32.7 Å². The van der Waals surface area contributed by atoms with E-state index in [-0.39, 0.29) is 12.5 Å². The molecule has 1 fully saturated rings. The van der Waals surface area contributed by atoms with Crippen molar-refractivity contribution in [3.05, 3.63) is 35.5 Å². The van der Waals surface area contributed by atoms with Gasteiger partial charge in [0.2, 0.25) is 5.91 Å². The highest BCUT2D eigenvalue weighted by molar-refractivity contribution is 5.87. The maximum atomic E-state index is 12.2. The average molecular weight is 355 g/mol. The quantitative estimate of drug-likeness (QED) is 0.549. The summed E-state index contributed by atoms with van der Waals surface area (Å²) in [6.45, 7) is 7.67. The molecule has 0 bridgehead atoms. The normalized spacial score (nSPS) is 14.8. The number of rotatable bonds is 6. The summed E-state index contributed by atoms with van der Waals surface area (Å²) in [5.74, 6) is 0.823. The average Bonchev–Trinajstić information content (AvgIpc) is 3.30. The van der Waals surface area contributed by atoms with Gasteiger partial charge in [0.15, 0.2) is 5.96 Å². The summed E-state index contributed by atoms with van der Waals surface area (Å²) in [7, 11) is 0. The fourth-order valence-corrected chi connectivity index (χ4v) is 3.52. The van der Waals surface area contributed by atoms with Crippen LogP contribution in [-0.4, -0.2) is 54.5 Å². The van der Waals surface area contributed by atoms with Crippen LogP contribution in [0.1, 0.15) is 30.9 Å². The fraction of sp³-hybridized carbons (Fsp3) is 0.500. The first-order valence-corrected chi connectivity index (χ1v) is 9.54. The minimum absolute atomic E-state index is 0.118. The van der Waals surface area contributed by atoms with Crippen molar-refractivity contribution in [2.45, 2.75) is 33.1 Å². The van der Waals surface area contributed by atoms with Gasteiger partial charge >= 0.3 is 0 Å². The number of aromatic amines is 1. The number of hydrogen-bond donors (Lipinski definition) is 3. The molecular weight excluding hydrogens is 326 g/mol. The third kappa shape index (κ3) is 4.36. The largest absolute Gasteiger partial charge is 0.361 e. The second-order valence-corrected chi connectivity index (χ2v) is 6.77. The Morgan fingerprint density at radius 2 is 2.08 bits per heavy atom. The number of aromatic nitrogens is 1. The minimum Gasteiger partial charge on any atom is -0.361 e. The molecule has 0 aliphatic carbocycles. The Hall–Kier alpha value is -2.50. The van der Waals surface area contributed by atoms with Crippen molar-refractivity contribution in [2.24, 2.45) is 4.99 Å². The molecule has 0 radical (unpaired) electrons. The molecule has 1 amide bonds. The Labute approximate surface area is 155 Å². The van der Waals surface area contributed by atoms with Crippen molar-refractivity contribution in [3.63, 3.8) is 0 Å². The minimum atomic E-state index is 0.118. The van der Waals surface area contributed by atoms with Crippen LogP contribution < -0.4 is 10.6 Å². The summed E-state index contributed by atoms with van der Waals surface area (Å²) in [4.78, 5) is 21.9. The molecule has 140 valence electrons. The molecule has 1 aromatic heterocycles. The summed E-state index contributed by atoms with van der Waals surface area (Å²) < 4.78 is 0. The van der Waals surface area contributed by atoms with Crippen molar-refractivity contribution >= 4 is 22.8 Å². The lowest BCUT2D eigenvalue weighted by molar-refractivity contribution is -0.128. The zero-order chi connectivity index (χ0) is 18.4. The summed E-state index contributed by atoms with van der Waals surface area (Å²) in [5.41, 5.74) is 3.77. The molecule has 1 aromatic carbocycles. The monoisotopic (exact) mass is 355 g/mol. The van der Waals surface area contributed by atoms with Crippen molar-refractivity contribution in [1.29, 1.82) is 0 Å². The predicted octanol–water partition coefficient (Wildman–Crippen LogP) is 2.20. The number of nitrogens with one attached hydrogen (secondary N) is 3. The number of aryl methyl sites for hydroxylation is 1. The highest BCUT2D eigenvalue weighted by Gasteiger charge is 2.17. The van der Waals surface area contributed by atoms with Crippen molar-refractivity contribution in [1.82, 2.24) is 20.5 Å². The highest BCUT2D eigenvalue weighted by Crippen LogP contribution is 2.22. The Kier molecular flexibility index (Phi) is 6.15. The third-order valence-corrected chi connectivity index (χ3v) is 4.86. The van der Waals surface area contributed by atoms with Crippen LogP contribution in [0.4, 0.5) is 0 Å². The van der Waals surface area contributed by atoms with E-state index in [2.05, 4.69) is 51.9 Å². The summed E-state index contributed by atoms with van der Waals surface area (Å²) in [6.07, 6.45) is 5.20. The lowest BCUT2D eigenvalue weighted by atomic mass is 10.1. The molecule has 0 spiro atoms. The number of likely N-dealkylation sites (tertiary alicyclic amines) is 1. The summed E-state index contributed by atoms with van der Waals surface area (Å²) in [6, 6.07) is 6.32. The number of carbonyl (C=O) groups excluding carboxylic acids is 1. The highest BCUT2D eigenvalue weighted by atomic mass is 16.2. The van der Waals surface area contributed by atoms with E-state index in [4.69, 9.17) is 0 Å². The number of benzene rings is 1. The number of amides is 1. The molecule has 6 heteroatoms. The van der Waals surface area contributed by atoms with Crippen LogP contribution in [0.3, 0.4) is 0 Å². The Balaban J connectivity index is 1.56. The topological polar surface area (TPSA) is 72.5 Å². The van der Waals surface area contributed by atoms with Crippen molar-refractivity contribution < 1.29 is 4.79 Å². The van der Waals surface area contributed by atoms with Gasteiger partial charge in [0, 0.05) is 43.3 Å². The van der Waals surface area contributed by atoms with Crippen LogP contribution in [0.15, 0.2) is 29.4 Å². The molecule has 1 aliphatic rings. The lowest BCUT2D eigenvalue weighted by Gasteiger charge is -2.15. The smallest absolute Gasteiger partial charge is 0.244 e. The maximum Gasteiger partial charge on any atom is 0.244 e. The number of nitrogens with zero attached hydrogens (tertiary/aromatic N) is 2. The molecular formula is C20H29N5O. The molecule has 0 atom stereocenters. The van der Waals surface area contributed by atoms with Gasteiger partial charge in [-0.2, -0.15) is 0 Å². The molecule has 6 nitrogen and oxygen atoms in total. The molecule has 0 saturated carbocycles. The van der Waals surface area contributed by atoms with Gasteiger partial charge in [0.1, 0.15) is 6.54 Å². The van der Waals surface area contributed by atoms with Crippen molar-refractivity contribution in [3.8, 4) is 0 Å². The molecule has 1 saturated heterocycles. The number of carbonyl (C=O) groups is 1. The second-order valence-electron chi connectivity index (χ2n) is 6.77. The zero-order valence-corrected chi connectivity index (χ0v) is 15.8. The first kappa shape index (κ1) is 18.3. The molecule has 26 heavy (non-hydrogen) atoms. The van der Waals surface area contributed by atoms with Crippen LogP contribution in [0, 0.1) is 6.92 Å². The second kappa shape index (κ2) is 8.74. The third-order valence-electron chi connectivity index (χ3n) is 4.86. The van der Waals surface area contributed by atoms with Gasteiger partial charge in [-0.15, -0.1) is 0 Å². The molecule has 2 heterocycles. The van der Waals surface area contributed by atoms with Crippen LogP contribution in [0.5, 0.6) is 0 Å². The number of guanidine groups is 1. The van der Waals surface area contributed by atoms with Crippen LogP contribution >= 0.6 is 0 Å². The van der Waals surface area contributed by atoms with E-state index in [0.717, 1.165) is 45.4 Å². The number of H-pyrrole nitrogens is 1. The van der Waals surface area contributed by atoms with Gasteiger partial charge in [0.05, 0.1) is 0 Å². The van der Waals surface area contributed by atoms with Gasteiger partial charge < -0.3 is 20.5 Å². The molecule has 3 rings (SSSR count). The molecule has 1 aliphatic heterocycles. The van der Waals surface area contributed by atoms with Crippen LogP contribution in [-0.2, 0) is 11.2 Å². The first-order chi connectivity index (χ1) is 12.7. The van der Waals surface area contributed by atoms with Crippen LogP contribution in [0.2, 0.25) is 0 Å². The maximum absolute atomic E-state index is 12.2. The standard InChI is InChI=1S/C20H29N5O/c1-3-21-20(24-14-18(26)25-11-4-5-12-25)22-10-9-16-13-23-17-8-6-7-15(2)19(16)17/h6-8,13,23H,3-5,9-12,14H2,1-2H3,(H2,21,22,24). The fourth-order valence-electron chi connectivity index (χ4n) is 3.52. The van der Waals surface area contributed by atoms with E-state index < -0.39 is 0 Å². The summed E-state index contributed by atoms with van der Waals surface area (Å²) >= 11 is 0. The van der Waals surface area contributed by atoms with E-state index in [0.29, 0.717) is 5.96 Å². The summed E-state index contributed by atoms with van der Waals surface area (Å²) in [5, 5.41) is 7.87. The number of aliphatic imine (C=N–C) groups is 1. The van der Waals surface area contributed by atoms with E-state index in [1.807, 2.05) is 11.8 Å². The van der Waals surface area contributed by atoms with E-state index in [1.165, 1.54) is 22.0 Å².